The lowest BCUT2D eigenvalue weighted by atomic mass is 9.81. The Morgan fingerprint density at radius 1 is 1.10 bits per heavy atom. The Balaban J connectivity index is 0.00000200. The fourth-order valence-electron chi connectivity index (χ4n) is 3.70. The van der Waals surface area contributed by atoms with E-state index >= 15 is 0 Å². The molecule has 2 rings (SSSR count). The van der Waals surface area contributed by atoms with Crippen LogP contribution in [0, 0.1) is 11.8 Å². The van der Waals surface area contributed by atoms with Crippen LogP contribution in [0.3, 0.4) is 0 Å². The van der Waals surface area contributed by atoms with Gasteiger partial charge in [-0.1, -0.05) is 33.1 Å². The van der Waals surface area contributed by atoms with Crippen LogP contribution < -0.4 is 5.73 Å². The Morgan fingerprint density at radius 2 is 1.75 bits per heavy atom. The summed E-state index contributed by atoms with van der Waals surface area (Å²) in [5, 5.41) is 0. The molecule has 1 saturated carbocycles. The number of rotatable bonds is 2. The third-order valence-electron chi connectivity index (χ3n) is 5.17. The summed E-state index contributed by atoms with van der Waals surface area (Å²) >= 11 is 0. The molecular weight excluding hydrogens is 272 g/mol. The quantitative estimate of drug-likeness (QED) is 0.850. The summed E-state index contributed by atoms with van der Waals surface area (Å²) in [4.78, 5) is 14.8. The number of nitrogens with two attached hydrogens (primary N) is 1. The Kier molecular flexibility index (Phi) is 6.80. The number of hydrogen-bond acceptors (Lipinski definition) is 2. The molecule has 1 aliphatic heterocycles. The fraction of sp³-hybridized carbons (Fsp3) is 0.938. The van der Waals surface area contributed by atoms with Gasteiger partial charge in [0.05, 0.1) is 5.54 Å². The topological polar surface area (TPSA) is 46.3 Å². The third kappa shape index (κ3) is 4.11. The first-order chi connectivity index (χ1) is 9.03. The number of hydrogen-bond donors (Lipinski definition) is 1. The van der Waals surface area contributed by atoms with E-state index < -0.39 is 5.54 Å². The van der Waals surface area contributed by atoms with Gasteiger partial charge in [0.1, 0.15) is 0 Å². The van der Waals surface area contributed by atoms with Crippen molar-refractivity contribution < 1.29 is 4.79 Å². The Bertz CT molecular complexity index is 314. The second-order valence-corrected chi connectivity index (χ2v) is 6.94. The highest BCUT2D eigenvalue weighted by Crippen LogP contribution is 2.30. The molecule has 1 unspecified atom stereocenters. The molecule has 1 heterocycles. The average Bonchev–Trinajstić information content (AvgIpc) is 2.64. The minimum absolute atomic E-state index is 0. The van der Waals surface area contributed by atoms with Crippen molar-refractivity contribution in [3.63, 3.8) is 0 Å². The van der Waals surface area contributed by atoms with Crippen molar-refractivity contribution in [3.8, 4) is 0 Å². The lowest BCUT2D eigenvalue weighted by Gasteiger charge is -2.36. The number of carbonyl (C=O) groups excluding carboxylic acids is 1. The van der Waals surface area contributed by atoms with Crippen LogP contribution in [0.5, 0.6) is 0 Å². The molecule has 0 aromatic rings. The zero-order chi connectivity index (χ0) is 13.9. The standard InChI is InChI=1S/C16H30N2O.ClH/c1-13(2)14-7-6-11-18(12-8-14)15(19)16(17)9-4-3-5-10-16;/h13-14H,3-12,17H2,1-2H3;1H. The highest BCUT2D eigenvalue weighted by atomic mass is 35.5. The van der Waals surface area contributed by atoms with Crippen LogP contribution in [0.4, 0.5) is 0 Å². The zero-order valence-electron chi connectivity index (χ0n) is 13.1. The van der Waals surface area contributed by atoms with Crippen molar-refractivity contribution in [2.75, 3.05) is 13.1 Å². The van der Waals surface area contributed by atoms with E-state index in [1.807, 2.05) is 0 Å². The lowest BCUT2D eigenvalue weighted by molar-refractivity contribution is -0.138. The van der Waals surface area contributed by atoms with Crippen molar-refractivity contribution in [2.24, 2.45) is 17.6 Å². The first kappa shape index (κ1) is 17.8. The molecule has 0 spiro atoms. The summed E-state index contributed by atoms with van der Waals surface area (Å²) in [6.45, 7) is 6.43. The number of halogens is 1. The summed E-state index contributed by atoms with van der Waals surface area (Å²) in [5.74, 6) is 1.74. The van der Waals surface area contributed by atoms with Gasteiger partial charge in [0.2, 0.25) is 5.91 Å². The lowest BCUT2D eigenvalue weighted by Crippen LogP contribution is -2.56. The van der Waals surface area contributed by atoms with Crippen LogP contribution in [0.2, 0.25) is 0 Å². The van der Waals surface area contributed by atoms with Gasteiger partial charge in [-0.15, -0.1) is 12.4 Å². The Hall–Kier alpha value is -0.280. The summed E-state index contributed by atoms with van der Waals surface area (Å²) < 4.78 is 0. The van der Waals surface area contributed by atoms with Gasteiger partial charge in [-0.05, 0) is 43.9 Å². The van der Waals surface area contributed by atoms with Crippen molar-refractivity contribution >= 4 is 18.3 Å². The molecule has 4 heteroatoms. The highest BCUT2D eigenvalue weighted by Gasteiger charge is 2.38. The van der Waals surface area contributed by atoms with E-state index in [2.05, 4.69) is 18.7 Å². The molecule has 0 aromatic carbocycles. The summed E-state index contributed by atoms with van der Waals surface area (Å²) in [5.41, 5.74) is 5.84. The molecule has 2 N–H and O–H groups in total. The van der Waals surface area contributed by atoms with Crippen LogP contribution in [0.1, 0.15) is 65.2 Å². The fourth-order valence-corrected chi connectivity index (χ4v) is 3.70. The van der Waals surface area contributed by atoms with E-state index in [0.717, 1.165) is 63.5 Å². The first-order valence-corrected chi connectivity index (χ1v) is 8.11. The van der Waals surface area contributed by atoms with Crippen LogP contribution in [-0.4, -0.2) is 29.4 Å². The number of nitrogens with zero attached hydrogens (tertiary/aromatic N) is 1. The minimum atomic E-state index is -0.546. The van der Waals surface area contributed by atoms with Gasteiger partial charge >= 0.3 is 0 Å². The van der Waals surface area contributed by atoms with Gasteiger partial charge in [0.25, 0.3) is 0 Å². The molecule has 0 radical (unpaired) electrons. The first-order valence-electron chi connectivity index (χ1n) is 8.11. The SMILES string of the molecule is CC(C)C1CCCN(C(=O)C2(N)CCCCC2)CC1.Cl. The van der Waals surface area contributed by atoms with Crippen molar-refractivity contribution in [2.45, 2.75) is 70.8 Å². The number of carbonyl (C=O) groups is 1. The smallest absolute Gasteiger partial charge is 0.242 e. The minimum Gasteiger partial charge on any atom is -0.341 e. The van der Waals surface area contributed by atoms with E-state index in [9.17, 15) is 4.79 Å². The molecule has 3 nitrogen and oxygen atoms in total. The molecule has 1 atom stereocenters. The Morgan fingerprint density at radius 3 is 2.35 bits per heavy atom. The molecule has 118 valence electrons. The number of amides is 1. The van der Waals surface area contributed by atoms with Gasteiger partial charge in [0, 0.05) is 13.1 Å². The predicted molar refractivity (Wildman–Crippen MR) is 86.0 cm³/mol. The van der Waals surface area contributed by atoms with Crippen LogP contribution in [0.25, 0.3) is 0 Å². The van der Waals surface area contributed by atoms with Crippen LogP contribution in [-0.2, 0) is 4.79 Å². The molecule has 1 amide bonds. The van der Waals surface area contributed by atoms with Gasteiger partial charge in [-0.3, -0.25) is 4.79 Å². The third-order valence-corrected chi connectivity index (χ3v) is 5.17. The van der Waals surface area contributed by atoms with E-state index in [1.54, 1.807) is 0 Å². The van der Waals surface area contributed by atoms with E-state index in [-0.39, 0.29) is 18.3 Å². The van der Waals surface area contributed by atoms with Crippen molar-refractivity contribution in [3.05, 3.63) is 0 Å². The molecule has 2 fully saturated rings. The molecule has 0 bridgehead atoms. The van der Waals surface area contributed by atoms with E-state index in [1.165, 1.54) is 12.8 Å². The van der Waals surface area contributed by atoms with Gasteiger partial charge in [-0.2, -0.15) is 0 Å². The van der Waals surface area contributed by atoms with E-state index in [4.69, 9.17) is 5.73 Å². The summed E-state index contributed by atoms with van der Waals surface area (Å²) in [6.07, 6.45) is 8.80. The summed E-state index contributed by atoms with van der Waals surface area (Å²) in [7, 11) is 0. The highest BCUT2D eigenvalue weighted by molar-refractivity contribution is 5.86. The van der Waals surface area contributed by atoms with Crippen molar-refractivity contribution in [1.29, 1.82) is 0 Å². The Labute approximate surface area is 130 Å². The van der Waals surface area contributed by atoms with Gasteiger partial charge < -0.3 is 10.6 Å². The van der Waals surface area contributed by atoms with Crippen molar-refractivity contribution in [1.82, 2.24) is 4.90 Å². The molecule has 1 aliphatic carbocycles. The molecule has 1 saturated heterocycles. The maximum Gasteiger partial charge on any atom is 0.242 e. The predicted octanol–water partition coefficient (Wildman–Crippen LogP) is 3.35. The second-order valence-electron chi connectivity index (χ2n) is 6.94. The maximum atomic E-state index is 12.7. The largest absolute Gasteiger partial charge is 0.341 e. The monoisotopic (exact) mass is 302 g/mol. The molecule has 20 heavy (non-hydrogen) atoms. The molecule has 0 aromatic heterocycles. The van der Waals surface area contributed by atoms with E-state index in [0.29, 0.717) is 0 Å². The normalized spacial score (nSPS) is 26.8. The average molecular weight is 303 g/mol. The molecular formula is C16H31ClN2O. The maximum absolute atomic E-state index is 12.7. The summed E-state index contributed by atoms with van der Waals surface area (Å²) in [6, 6.07) is 0. The van der Waals surface area contributed by atoms with Crippen LogP contribution >= 0.6 is 12.4 Å². The molecule has 2 aliphatic rings. The number of likely N-dealkylation sites (tertiary alicyclic amines) is 1. The van der Waals surface area contributed by atoms with Gasteiger partial charge in [0.15, 0.2) is 0 Å². The zero-order valence-corrected chi connectivity index (χ0v) is 13.9. The van der Waals surface area contributed by atoms with Gasteiger partial charge in [-0.25, -0.2) is 0 Å². The second kappa shape index (κ2) is 7.65. The van der Waals surface area contributed by atoms with Crippen LogP contribution in [0.15, 0.2) is 0 Å².